The molecule has 0 fully saturated rings. The van der Waals surface area contributed by atoms with Crippen molar-refractivity contribution in [2.45, 2.75) is 58.9 Å². The van der Waals surface area contributed by atoms with Crippen LogP contribution in [0.3, 0.4) is 0 Å². The van der Waals surface area contributed by atoms with Crippen LogP contribution in [0.4, 0.5) is 11.8 Å². The Bertz CT molecular complexity index is 1020. The second kappa shape index (κ2) is 16.6. The Hall–Kier alpha value is -3.24. The number of nitrogens with zero attached hydrogens (tertiary/aromatic N) is 4. The van der Waals surface area contributed by atoms with Gasteiger partial charge >= 0.3 is 5.97 Å². The molecule has 2 aromatic rings. The monoisotopic (exact) mass is 528 g/mol. The summed E-state index contributed by atoms with van der Waals surface area (Å²) >= 11 is 0. The number of nitrogens with two attached hydrogens (primary N) is 1. The van der Waals surface area contributed by atoms with E-state index >= 15 is 0 Å². The van der Waals surface area contributed by atoms with Crippen molar-refractivity contribution in [3.8, 4) is 0 Å². The zero-order chi connectivity index (χ0) is 27.9. The van der Waals surface area contributed by atoms with Gasteiger partial charge in [0.15, 0.2) is 0 Å². The predicted octanol–water partition coefficient (Wildman–Crippen LogP) is 3.14. The van der Waals surface area contributed by atoms with E-state index in [1.165, 1.54) is 0 Å². The highest BCUT2D eigenvalue weighted by Gasteiger charge is 2.18. The summed E-state index contributed by atoms with van der Waals surface area (Å²) in [5.41, 5.74) is 9.48. The molecule has 1 aromatic carbocycles. The number of methoxy groups -OCH3 is 1. The number of nitrogen functional groups attached to an aromatic ring is 1. The average molecular weight is 529 g/mol. The van der Waals surface area contributed by atoms with Gasteiger partial charge < -0.3 is 25.8 Å². The third kappa shape index (κ3) is 11.0. The molecule has 0 spiro atoms. The van der Waals surface area contributed by atoms with Crippen LogP contribution >= 0.6 is 0 Å². The van der Waals surface area contributed by atoms with Gasteiger partial charge in [0, 0.05) is 44.5 Å². The van der Waals surface area contributed by atoms with Crippen LogP contribution < -0.4 is 11.1 Å². The van der Waals surface area contributed by atoms with Crippen LogP contribution in [0.2, 0.25) is 0 Å². The number of aryl methyl sites for hydroxylation is 1. The standard InChI is InChI=1S/C28H44N6O4/c1-5-6-7-14-30-27-24(21(2)31-28(29)32-27)9-8-15-34(25(35)20-33(3)16-17-38-4)19-23-12-10-22(11-13-23)18-26(36)37/h10-13H,5-9,14-20H2,1-4H3,(H,36,37)(H3,29,30,31,32). The molecular weight excluding hydrogens is 484 g/mol. The molecule has 10 heteroatoms. The van der Waals surface area contributed by atoms with E-state index in [1.54, 1.807) is 7.11 Å². The van der Waals surface area contributed by atoms with E-state index in [9.17, 15) is 9.59 Å². The van der Waals surface area contributed by atoms with Gasteiger partial charge in [0.05, 0.1) is 19.6 Å². The van der Waals surface area contributed by atoms with Crippen LogP contribution in [0, 0.1) is 6.92 Å². The molecule has 2 rings (SSSR count). The van der Waals surface area contributed by atoms with E-state index in [1.807, 2.05) is 48.0 Å². The summed E-state index contributed by atoms with van der Waals surface area (Å²) in [4.78, 5) is 36.9. The number of likely N-dealkylation sites (N-methyl/N-ethyl adjacent to an activating group) is 1. The Morgan fingerprint density at radius 3 is 2.45 bits per heavy atom. The van der Waals surface area contributed by atoms with E-state index < -0.39 is 5.97 Å². The number of unbranched alkanes of at least 4 members (excludes halogenated alkanes) is 2. The molecule has 0 saturated heterocycles. The lowest BCUT2D eigenvalue weighted by Crippen LogP contribution is -2.40. The molecule has 0 bridgehead atoms. The summed E-state index contributed by atoms with van der Waals surface area (Å²) < 4.78 is 5.14. The van der Waals surface area contributed by atoms with Crippen LogP contribution in [-0.4, -0.2) is 83.7 Å². The number of hydrogen-bond acceptors (Lipinski definition) is 8. The quantitative estimate of drug-likeness (QED) is 0.249. The van der Waals surface area contributed by atoms with Crippen LogP contribution in [0.5, 0.6) is 0 Å². The van der Waals surface area contributed by atoms with E-state index in [0.29, 0.717) is 32.7 Å². The van der Waals surface area contributed by atoms with Gasteiger partial charge in [-0.05, 0) is 44.4 Å². The number of nitrogens with one attached hydrogen (secondary N) is 1. The number of amides is 1. The topological polar surface area (TPSA) is 134 Å². The number of carbonyl (C=O) groups is 2. The van der Waals surface area contributed by atoms with Crippen molar-refractivity contribution >= 4 is 23.6 Å². The van der Waals surface area contributed by atoms with Gasteiger partial charge in [0.1, 0.15) is 5.82 Å². The van der Waals surface area contributed by atoms with Crippen LogP contribution in [0.25, 0.3) is 0 Å². The van der Waals surface area contributed by atoms with Gasteiger partial charge in [-0.25, -0.2) is 4.98 Å². The Kier molecular flexibility index (Phi) is 13.5. The molecule has 1 aromatic heterocycles. The van der Waals surface area contributed by atoms with Crippen molar-refractivity contribution in [2.75, 3.05) is 58.0 Å². The first kappa shape index (κ1) is 31.0. The van der Waals surface area contributed by atoms with Crippen LogP contribution in [0.15, 0.2) is 24.3 Å². The number of carboxylic acids is 1. The molecule has 10 nitrogen and oxygen atoms in total. The normalized spacial score (nSPS) is 11.1. The Morgan fingerprint density at radius 2 is 1.79 bits per heavy atom. The summed E-state index contributed by atoms with van der Waals surface area (Å²) in [5, 5.41) is 12.5. The SMILES string of the molecule is CCCCCNc1nc(N)nc(C)c1CCCN(Cc1ccc(CC(=O)O)cc1)C(=O)CN(C)CCOC. The number of anilines is 2. The molecule has 0 aliphatic rings. The first-order valence-electron chi connectivity index (χ1n) is 13.3. The van der Waals surface area contributed by atoms with Crippen molar-refractivity contribution in [2.24, 2.45) is 0 Å². The fraction of sp³-hybridized carbons (Fsp3) is 0.571. The number of aliphatic carboxylic acids is 1. The van der Waals surface area contributed by atoms with Gasteiger partial charge in [0.2, 0.25) is 11.9 Å². The Labute approximate surface area is 226 Å². The maximum atomic E-state index is 13.3. The van der Waals surface area contributed by atoms with Gasteiger partial charge in [0.25, 0.3) is 0 Å². The minimum atomic E-state index is -0.866. The average Bonchev–Trinajstić information content (AvgIpc) is 2.86. The molecule has 0 unspecified atom stereocenters. The minimum Gasteiger partial charge on any atom is -0.481 e. The fourth-order valence-electron chi connectivity index (χ4n) is 4.20. The van der Waals surface area contributed by atoms with Crippen molar-refractivity contribution in [1.82, 2.24) is 19.8 Å². The number of rotatable bonds is 18. The largest absolute Gasteiger partial charge is 0.481 e. The molecule has 1 amide bonds. The molecule has 0 aliphatic heterocycles. The lowest BCUT2D eigenvalue weighted by atomic mass is 10.1. The van der Waals surface area contributed by atoms with Crippen LogP contribution in [-0.2, 0) is 33.7 Å². The molecule has 0 radical (unpaired) electrons. The van der Waals surface area contributed by atoms with Gasteiger partial charge in [-0.15, -0.1) is 0 Å². The highest BCUT2D eigenvalue weighted by atomic mass is 16.5. The smallest absolute Gasteiger partial charge is 0.307 e. The molecule has 0 atom stereocenters. The van der Waals surface area contributed by atoms with Crippen molar-refractivity contribution in [3.05, 3.63) is 46.6 Å². The number of carbonyl (C=O) groups excluding carboxylic acids is 1. The lowest BCUT2D eigenvalue weighted by molar-refractivity contribution is -0.136. The summed E-state index contributed by atoms with van der Waals surface area (Å²) in [6.45, 7) is 7.45. The zero-order valence-electron chi connectivity index (χ0n) is 23.3. The highest BCUT2D eigenvalue weighted by molar-refractivity contribution is 5.78. The zero-order valence-corrected chi connectivity index (χ0v) is 23.3. The number of aromatic nitrogens is 2. The second-order valence-electron chi connectivity index (χ2n) is 9.66. The van der Waals surface area contributed by atoms with E-state index in [-0.39, 0.29) is 24.8 Å². The Balaban J connectivity index is 2.11. The predicted molar refractivity (Wildman–Crippen MR) is 150 cm³/mol. The number of carboxylic acid groups (broad SMARTS) is 1. The summed E-state index contributed by atoms with van der Waals surface area (Å²) in [6.07, 6.45) is 4.78. The molecule has 0 aliphatic carbocycles. The van der Waals surface area contributed by atoms with E-state index in [2.05, 4.69) is 22.2 Å². The molecular formula is C28H44N6O4. The van der Waals surface area contributed by atoms with E-state index in [0.717, 1.165) is 60.4 Å². The fourth-order valence-corrected chi connectivity index (χ4v) is 4.20. The maximum Gasteiger partial charge on any atom is 0.307 e. The van der Waals surface area contributed by atoms with Gasteiger partial charge in [-0.1, -0.05) is 44.0 Å². The number of hydrogen-bond donors (Lipinski definition) is 3. The van der Waals surface area contributed by atoms with Crippen molar-refractivity contribution in [1.29, 1.82) is 0 Å². The van der Waals surface area contributed by atoms with Gasteiger partial charge in [-0.2, -0.15) is 4.98 Å². The third-order valence-electron chi connectivity index (χ3n) is 6.35. The first-order chi connectivity index (χ1) is 18.2. The first-order valence-corrected chi connectivity index (χ1v) is 13.3. The molecule has 4 N–H and O–H groups in total. The van der Waals surface area contributed by atoms with Crippen LogP contribution in [0.1, 0.15) is 55.0 Å². The number of benzene rings is 1. The van der Waals surface area contributed by atoms with E-state index in [4.69, 9.17) is 15.6 Å². The molecule has 1 heterocycles. The van der Waals surface area contributed by atoms with Crippen molar-refractivity contribution in [3.63, 3.8) is 0 Å². The minimum absolute atomic E-state index is 0.0228. The molecule has 38 heavy (non-hydrogen) atoms. The second-order valence-corrected chi connectivity index (χ2v) is 9.66. The third-order valence-corrected chi connectivity index (χ3v) is 6.35. The molecule has 0 saturated carbocycles. The summed E-state index contributed by atoms with van der Waals surface area (Å²) in [7, 11) is 3.55. The summed E-state index contributed by atoms with van der Waals surface area (Å²) in [5.74, 6) is 0.194. The summed E-state index contributed by atoms with van der Waals surface area (Å²) in [6, 6.07) is 7.40. The lowest BCUT2D eigenvalue weighted by Gasteiger charge is -2.26. The highest BCUT2D eigenvalue weighted by Crippen LogP contribution is 2.20. The van der Waals surface area contributed by atoms with Gasteiger partial charge in [-0.3, -0.25) is 14.5 Å². The van der Waals surface area contributed by atoms with Crippen molar-refractivity contribution < 1.29 is 19.4 Å². The maximum absolute atomic E-state index is 13.3. The number of ether oxygens (including phenoxy) is 1. The Morgan fingerprint density at radius 1 is 1.08 bits per heavy atom. The molecule has 210 valence electrons.